The molecule has 17 heavy (non-hydrogen) atoms. The van der Waals surface area contributed by atoms with Crippen LogP contribution in [0.25, 0.3) is 0 Å². The quantitative estimate of drug-likeness (QED) is 0.500. The number of aliphatic hydroxyl groups excluding tert-OH is 1. The van der Waals surface area contributed by atoms with E-state index in [1.54, 1.807) is 0 Å². The van der Waals surface area contributed by atoms with E-state index in [1.165, 1.54) is 14.2 Å². The standard InChI is InChI=1S/C9H16N2O6/c1-11(4-3-7(13)17-2)9(16)10-6(5-12)8(14)15/h6,12H,3-5H2,1-2H3,(H,10,16)(H,14,15)/t6-/m1/s1. The van der Waals surface area contributed by atoms with Gasteiger partial charge in [-0.05, 0) is 0 Å². The van der Waals surface area contributed by atoms with Crippen LogP contribution >= 0.6 is 0 Å². The lowest BCUT2D eigenvalue weighted by molar-refractivity contribution is -0.141. The summed E-state index contributed by atoms with van der Waals surface area (Å²) in [7, 11) is 2.63. The molecule has 0 rings (SSSR count). The van der Waals surface area contributed by atoms with E-state index >= 15 is 0 Å². The number of rotatable bonds is 6. The number of nitrogens with zero attached hydrogens (tertiary/aromatic N) is 1. The molecular weight excluding hydrogens is 232 g/mol. The second-order valence-corrected chi connectivity index (χ2v) is 3.27. The first-order valence-electron chi connectivity index (χ1n) is 4.84. The minimum Gasteiger partial charge on any atom is -0.480 e. The van der Waals surface area contributed by atoms with E-state index in [2.05, 4.69) is 10.1 Å². The average molecular weight is 248 g/mol. The molecule has 0 aliphatic carbocycles. The summed E-state index contributed by atoms with van der Waals surface area (Å²) < 4.78 is 4.39. The Morgan fingerprint density at radius 1 is 1.41 bits per heavy atom. The maximum absolute atomic E-state index is 11.4. The van der Waals surface area contributed by atoms with Crippen LogP contribution in [0.2, 0.25) is 0 Å². The second kappa shape index (κ2) is 7.44. The van der Waals surface area contributed by atoms with Crippen LogP contribution in [0.1, 0.15) is 6.42 Å². The minimum atomic E-state index is -1.36. The molecule has 0 aliphatic heterocycles. The fourth-order valence-corrected chi connectivity index (χ4v) is 0.907. The molecule has 0 aromatic rings. The fraction of sp³-hybridized carbons (Fsp3) is 0.667. The Morgan fingerprint density at radius 2 is 2.00 bits per heavy atom. The summed E-state index contributed by atoms with van der Waals surface area (Å²) in [4.78, 5) is 33.9. The van der Waals surface area contributed by atoms with Crippen LogP contribution < -0.4 is 5.32 Å². The SMILES string of the molecule is COC(=O)CCN(C)C(=O)N[C@H](CO)C(=O)O. The molecule has 0 fully saturated rings. The molecule has 8 heteroatoms. The normalized spacial score (nSPS) is 11.5. The highest BCUT2D eigenvalue weighted by Crippen LogP contribution is 1.93. The minimum absolute atomic E-state index is 0.0112. The molecule has 0 aromatic heterocycles. The molecule has 8 nitrogen and oxygen atoms in total. The van der Waals surface area contributed by atoms with Crippen molar-refractivity contribution in [2.45, 2.75) is 12.5 Å². The van der Waals surface area contributed by atoms with Crippen LogP contribution in [0.4, 0.5) is 4.79 Å². The van der Waals surface area contributed by atoms with E-state index in [9.17, 15) is 14.4 Å². The number of esters is 1. The van der Waals surface area contributed by atoms with Gasteiger partial charge in [0.25, 0.3) is 0 Å². The van der Waals surface area contributed by atoms with Gasteiger partial charge < -0.3 is 25.2 Å². The second-order valence-electron chi connectivity index (χ2n) is 3.27. The predicted molar refractivity (Wildman–Crippen MR) is 56.3 cm³/mol. The zero-order valence-corrected chi connectivity index (χ0v) is 9.67. The average Bonchev–Trinajstić information content (AvgIpc) is 2.31. The number of carboxylic acid groups (broad SMARTS) is 1. The van der Waals surface area contributed by atoms with E-state index in [0.717, 1.165) is 4.90 Å². The summed E-state index contributed by atoms with van der Waals surface area (Å²) in [5, 5.41) is 19.4. The molecule has 0 spiro atoms. The summed E-state index contributed by atoms with van der Waals surface area (Å²) in [6, 6.07) is -2.04. The molecule has 0 unspecified atom stereocenters. The Morgan fingerprint density at radius 3 is 2.41 bits per heavy atom. The van der Waals surface area contributed by atoms with Crippen LogP contribution in [0.3, 0.4) is 0 Å². The maximum Gasteiger partial charge on any atom is 0.328 e. The molecule has 1 atom stereocenters. The Bertz CT molecular complexity index is 293. The monoisotopic (exact) mass is 248 g/mol. The van der Waals surface area contributed by atoms with Gasteiger partial charge in [0.2, 0.25) is 0 Å². The van der Waals surface area contributed by atoms with Crippen LogP contribution in [0.5, 0.6) is 0 Å². The molecule has 98 valence electrons. The lowest BCUT2D eigenvalue weighted by Gasteiger charge is -2.19. The van der Waals surface area contributed by atoms with Crippen molar-refractivity contribution in [3.8, 4) is 0 Å². The Hall–Kier alpha value is -1.83. The number of carboxylic acids is 1. The number of hydrogen-bond acceptors (Lipinski definition) is 5. The lowest BCUT2D eigenvalue weighted by Crippen LogP contribution is -2.48. The van der Waals surface area contributed by atoms with Crippen LogP contribution in [0, 0.1) is 0 Å². The summed E-state index contributed by atoms with van der Waals surface area (Å²) in [5.41, 5.74) is 0. The number of hydrogen-bond donors (Lipinski definition) is 3. The molecule has 2 amide bonds. The third-order valence-electron chi connectivity index (χ3n) is 2.00. The highest BCUT2D eigenvalue weighted by molar-refractivity contribution is 5.82. The summed E-state index contributed by atoms with van der Waals surface area (Å²) >= 11 is 0. The van der Waals surface area contributed by atoms with Crippen LogP contribution in [-0.4, -0.2) is 66.4 Å². The topological polar surface area (TPSA) is 116 Å². The number of methoxy groups -OCH3 is 1. The fourth-order valence-electron chi connectivity index (χ4n) is 0.907. The summed E-state index contributed by atoms with van der Waals surface area (Å²) in [5.74, 6) is -1.80. The molecule has 0 saturated heterocycles. The van der Waals surface area contributed by atoms with Crippen molar-refractivity contribution in [3.05, 3.63) is 0 Å². The van der Waals surface area contributed by atoms with Crippen molar-refractivity contribution in [1.82, 2.24) is 10.2 Å². The molecule has 0 aromatic carbocycles. The number of amides is 2. The van der Waals surface area contributed by atoms with Gasteiger partial charge in [-0.2, -0.15) is 0 Å². The summed E-state index contributed by atoms with van der Waals surface area (Å²) in [6.07, 6.45) is 0.0112. The van der Waals surface area contributed by atoms with E-state index in [-0.39, 0.29) is 13.0 Å². The van der Waals surface area contributed by atoms with Gasteiger partial charge in [-0.1, -0.05) is 0 Å². The highest BCUT2D eigenvalue weighted by atomic mass is 16.5. The largest absolute Gasteiger partial charge is 0.480 e. The molecule has 0 aliphatic rings. The van der Waals surface area contributed by atoms with Gasteiger partial charge >= 0.3 is 18.0 Å². The zero-order valence-electron chi connectivity index (χ0n) is 9.67. The molecule has 3 N–H and O–H groups in total. The van der Waals surface area contributed by atoms with Gasteiger partial charge in [0.05, 0.1) is 20.1 Å². The Labute approximate surface area is 98.2 Å². The first-order valence-corrected chi connectivity index (χ1v) is 4.84. The number of carbonyl (C=O) groups is 3. The summed E-state index contributed by atoms with van der Waals surface area (Å²) in [6.45, 7) is -0.609. The van der Waals surface area contributed by atoms with Gasteiger partial charge in [-0.15, -0.1) is 0 Å². The third kappa shape index (κ3) is 5.71. The number of aliphatic hydroxyl groups is 1. The van der Waals surface area contributed by atoms with E-state index in [1.807, 2.05) is 0 Å². The highest BCUT2D eigenvalue weighted by Gasteiger charge is 2.20. The maximum atomic E-state index is 11.4. The smallest absolute Gasteiger partial charge is 0.328 e. The van der Waals surface area contributed by atoms with Crippen molar-refractivity contribution in [2.75, 3.05) is 27.3 Å². The Kier molecular flexibility index (Phi) is 6.64. The first kappa shape index (κ1) is 15.2. The lowest BCUT2D eigenvalue weighted by atomic mass is 10.3. The van der Waals surface area contributed by atoms with Gasteiger partial charge in [-0.25, -0.2) is 9.59 Å². The van der Waals surface area contributed by atoms with E-state index in [0.29, 0.717) is 0 Å². The molecule has 0 heterocycles. The van der Waals surface area contributed by atoms with Gasteiger partial charge in [0, 0.05) is 13.6 Å². The van der Waals surface area contributed by atoms with Crippen molar-refractivity contribution in [2.24, 2.45) is 0 Å². The number of aliphatic carboxylic acids is 1. The number of nitrogens with one attached hydrogen (secondary N) is 1. The molecule has 0 saturated carbocycles. The number of carbonyl (C=O) groups excluding carboxylic acids is 2. The third-order valence-corrected chi connectivity index (χ3v) is 2.00. The first-order chi connectivity index (χ1) is 7.92. The molecular formula is C9H16N2O6. The Balaban J connectivity index is 4.12. The van der Waals surface area contributed by atoms with Gasteiger partial charge in [0.15, 0.2) is 6.04 Å². The predicted octanol–water partition coefficient (Wildman–Crippen LogP) is -1.36. The zero-order chi connectivity index (χ0) is 13.4. The van der Waals surface area contributed by atoms with Crippen LogP contribution in [0.15, 0.2) is 0 Å². The van der Waals surface area contributed by atoms with Crippen LogP contribution in [-0.2, 0) is 14.3 Å². The van der Waals surface area contributed by atoms with Crippen molar-refractivity contribution >= 4 is 18.0 Å². The van der Waals surface area contributed by atoms with Crippen molar-refractivity contribution in [3.63, 3.8) is 0 Å². The number of ether oxygens (including phenoxy) is 1. The molecule has 0 radical (unpaired) electrons. The molecule has 0 bridgehead atoms. The van der Waals surface area contributed by atoms with Crippen molar-refractivity contribution < 1.29 is 29.3 Å². The van der Waals surface area contributed by atoms with Gasteiger partial charge in [0.1, 0.15) is 0 Å². The number of urea groups is 1. The van der Waals surface area contributed by atoms with E-state index < -0.39 is 30.6 Å². The van der Waals surface area contributed by atoms with E-state index in [4.69, 9.17) is 10.2 Å². The van der Waals surface area contributed by atoms with Crippen molar-refractivity contribution in [1.29, 1.82) is 0 Å². The van der Waals surface area contributed by atoms with Gasteiger partial charge in [-0.3, -0.25) is 4.79 Å².